The van der Waals surface area contributed by atoms with Gasteiger partial charge in [0.2, 0.25) is 0 Å². The van der Waals surface area contributed by atoms with Crippen LogP contribution >= 0.6 is 0 Å². The van der Waals surface area contributed by atoms with Crippen LogP contribution in [0.25, 0.3) is 0 Å². The van der Waals surface area contributed by atoms with Crippen molar-refractivity contribution in [2.24, 2.45) is 47.3 Å². The minimum Gasteiger partial charge on any atom is -0.0654 e. The third-order valence-corrected chi connectivity index (χ3v) is 8.81. The highest BCUT2D eigenvalue weighted by Crippen LogP contribution is 2.53. The molecule has 8 atom stereocenters. The zero-order valence-electron chi connectivity index (χ0n) is 18.4. The third kappa shape index (κ3) is 5.04. The predicted octanol–water partition coefficient (Wildman–Crippen LogP) is 8.35. The lowest BCUT2D eigenvalue weighted by Gasteiger charge is -2.35. The van der Waals surface area contributed by atoms with Gasteiger partial charge in [-0.2, -0.15) is 0 Å². The van der Waals surface area contributed by atoms with Gasteiger partial charge in [0.25, 0.3) is 0 Å². The van der Waals surface area contributed by atoms with Crippen LogP contribution in [0.1, 0.15) is 112 Å². The standard InChI is InChI=1S/C25H48/c1-7-11-14-22-15-12-13-20(8-2)16-21(9-3)24-17-25(23(22)10-4)19(6)18(24)5/h18-25H,7-17H2,1-6H3. The van der Waals surface area contributed by atoms with Gasteiger partial charge in [0, 0.05) is 0 Å². The number of hydrogen-bond acceptors (Lipinski definition) is 0. The van der Waals surface area contributed by atoms with E-state index in [0.717, 1.165) is 47.3 Å². The lowest BCUT2D eigenvalue weighted by Crippen LogP contribution is -2.26. The van der Waals surface area contributed by atoms with Crippen LogP contribution in [-0.2, 0) is 0 Å². The summed E-state index contributed by atoms with van der Waals surface area (Å²) in [5, 5.41) is 0. The maximum Gasteiger partial charge on any atom is -0.0352 e. The van der Waals surface area contributed by atoms with Crippen molar-refractivity contribution in [3.05, 3.63) is 0 Å². The van der Waals surface area contributed by atoms with Crippen molar-refractivity contribution in [2.75, 3.05) is 0 Å². The lowest BCUT2D eigenvalue weighted by atomic mass is 9.71. The van der Waals surface area contributed by atoms with Gasteiger partial charge < -0.3 is 0 Å². The fraction of sp³-hybridized carbons (Fsp3) is 1.00. The fourth-order valence-electron chi connectivity index (χ4n) is 6.96. The van der Waals surface area contributed by atoms with E-state index in [-0.39, 0.29) is 0 Å². The van der Waals surface area contributed by atoms with Crippen LogP contribution in [0.4, 0.5) is 0 Å². The molecule has 148 valence electrons. The Morgan fingerprint density at radius 2 is 1.44 bits per heavy atom. The van der Waals surface area contributed by atoms with E-state index in [4.69, 9.17) is 0 Å². The molecular formula is C25H48. The Labute approximate surface area is 159 Å². The Morgan fingerprint density at radius 3 is 2.04 bits per heavy atom. The Bertz CT molecular complexity index is 359. The lowest BCUT2D eigenvalue weighted by molar-refractivity contribution is 0.149. The average Bonchev–Trinajstić information content (AvgIpc) is 2.89. The summed E-state index contributed by atoms with van der Waals surface area (Å²) in [6, 6.07) is 0. The van der Waals surface area contributed by atoms with Gasteiger partial charge in [0.05, 0.1) is 0 Å². The first-order valence-corrected chi connectivity index (χ1v) is 12.1. The van der Waals surface area contributed by atoms with Gasteiger partial charge in [0.15, 0.2) is 0 Å². The van der Waals surface area contributed by atoms with Crippen LogP contribution in [0, 0.1) is 47.3 Å². The molecule has 0 aromatic heterocycles. The topological polar surface area (TPSA) is 0 Å². The van der Waals surface area contributed by atoms with Gasteiger partial charge in [-0.3, -0.25) is 0 Å². The maximum absolute atomic E-state index is 2.62. The zero-order valence-corrected chi connectivity index (χ0v) is 18.4. The zero-order chi connectivity index (χ0) is 18.4. The summed E-state index contributed by atoms with van der Waals surface area (Å²) in [5.74, 6) is 7.94. The Kier molecular flexibility index (Phi) is 8.83. The van der Waals surface area contributed by atoms with Crippen molar-refractivity contribution < 1.29 is 0 Å². The summed E-state index contributed by atoms with van der Waals surface area (Å²) in [6.45, 7) is 15.0. The van der Waals surface area contributed by atoms with Crippen molar-refractivity contribution >= 4 is 0 Å². The van der Waals surface area contributed by atoms with E-state index in [1.807, 2.05) is 0 Å². The second kappa shape index (κ2) is 10.4. The molecule has 2 aliphatic carbocycles. The number of unbranched alkanes of at least 4 members (excludes halogenated alkanes) is 1. The third-order valence-electron chi connectivity index (χ3n) is 8.81. The van der Waals surface area contributed by atoms with Gasteiger partial charge >= 0.3 is 0 Å². The minimum absolute atomic E-state index is 0.952. The maximum atomic E-state index is 2.62. The number of hydrogen-bond donors (Lipinski definition) is 0. The average molecular weight is 349 g/mol. The largest absolute Gasteiger partial charge is 0.0654 e. The Hall–Kier alpha value is 0. The molecule has 0 nitrogen and oxygen atoms in total. The molecule has 0 saturated heterocycles. The molecule has 0 radical (unpaired) electrons. The van der Waals surface area contributed by atoms with Crippen molar-refractivity contribution in [3.63, 3.8) is 0 Å². The second-order valence-corrected chi connectivity index (χ2v) is 9.87. The molecular weight excluding hydrogens is 300 g/mol. The summed E-state index contributed by atoms with van der Waals surface area (Å²) < 4.78 is 0. The molecule has 0 aliphatic heterocycles. The summed E-state index contributed by atoms with van der Waals surface area (Å²) in [7, 11) is 0. The Balaban J connectivity index is 2.26. The van der Waals surface area contributed by atoms with Crippen molar-refractivity contribution in [1.82, 2.24) is 0 Å². The molecule has 8 unspecified atom stereocenters. The Morgan fingerprint density at radius 1 is 0.720 bits per heavy atom. The molecule has 2 aliphatic rings. The molecule has 0 heteroatoms. The monoisotopic (exact) mass is 348 g/mol. The molecule has 2 bridgehead atoms. The molecule has 2 saturated carbocycles. The van der Waals surface area contributed by atoms with E-state index >= 15 is 0 Å². The molecule has 0 aromatic carbocycles. The second-order valence-electron chi connectivity index (χ2n) is 9.87. The first-order chi connectivity index (χ1) is 12.1. The van der Waals surface area contributed by atoms with E-state index in [0.29, 0.717) is 0 Å². The highest BCUT2D eigenvalue weighted by molar-refractivity contribution is 4.94. The molecule has 0 N–H and O–H groups in total. The van der Waals surface area contributed by atoms with Crippen LogP contribution in [-0.4, -0.2) is 0 Å². The number of rotatable bonds is 6. The van der Waals surface area contributed by atoms with Gasteiger partial charge in [-0.1, -0.05) is 99.3 Å². The van der Waals surface area contributed by atoms with Gasteiger partial charge in [-0.25, -0.2) is 0 Å². The van der Waals surface area contributed by atoms with E-state index in [2.05, 4.69) is 41.5 Å². The summed E-state index contributed by atoms with van der Waals surface area (Å²) in [5.41, 5.74) is 0. The molecule has 2 rings (SSSR count). The predicted molar refractivity (Wildman–Crippen MR) is 113 cm³/mol. The quantitative estimate of drug-likeness (QED) is 0.452. The summed E-state index contributed by atoms with van der Waals surface area (Å²) in [4.78, 5) is 0. The van der Waals surface area contributed by atoms with Gasteiger partial charge in [-0.05, 0) is 60.2 Å². The first-order valence-electron chi connectivity index (χ1n) is 12.1. The van der Waals surface area contributed by atoms with Crippen LogP contribution in [0.2, 0.25) is 0 Å². The molecule has 0 spiro atoms. The van der Waals surface area contributed by atoms with Crippen molar-refractivity contribution in [2.45, 2.75) is 112 Å². The first kappa shape index (κ1) is 21.3. The van der Waals surface area contributed by atoms with E-state index in [1.54, 1.807) is 6.42 Å². The van der Waals surface area contributed by atoms with Crippen LogP contribution in [0.5, 0.6) is 0 Å². The molecule has 2 fully saturated rings. The fourth-order valence-corrected chi connectivity index (χ4v) is 6.96. The molecule has 0 heterocycles. The molecule has 25 heavy (non-hydrogen) atoms. The van der Waals surface area contributed by atoms with Gasteiger partial charge in [0.1, 0.15) is 0 Å². The van der Waals surface area contributed by atoms with Crippen LogP contribution < -0.4 is 0 Å². The summed E-state index contributed by atoms with van der Waals surface area (Å²) >= 11 is 0. The van der Waals surface area contributed by atoms with E-state index < -0.39 is 0 Å². The minimum atomic E-state index is 0.952. The van der Waals surface area contributed by atoms with Crippen molar-refractivity contribution in [3.8, 4) is 0 Å². The highest BCUT2D eigenvalue weighted by atomic mass is 14.5. The normalized spacial score (nSPS) is 43.0. The SMILES string of the molecule is CCCCC1CCCC(CC)CC(CC)C2CC(C(C)C2C)C1CC. The number of fused-ring (bicyclic) bond motifs is 2. The van der Waals surface area contributed by atoms with E-state index in [9.17, 15) is 0 Å². The van der Waals surface area contributed by atoms with E-state index in [1.165, 1.54) is 64.2 Å². The highest BCUT2D eigenvalue weighted by Gasteiger charge is 2.45. The van der Waals surface area contributed by atoms with Crippen LogP contribution in [0.15, 0.2) is 0 Å². The van der Waals surface area contributed by atoms with Gasteiger partial charge in [-0.15, -0.1) is 0 Å². The molecule has 0 amide bonds. The van der Waals surface area contributed by atoms with Crippen molar-refractivity contribution in [1.29, 1.82) is 0 Å². The van der Waals surface area contributed by atoms with Crippen LogP contribution in [0.3, 0.4) is 0 Å². The smallest absolute Gasteiger partial charge is 0.0352 e. The molecule has 0 aromatic rings. The summed E-state index contributed by atoms with van der Waals surface area (Å²) in [6.07, 6.45) is 16.2.